The molecule has 3 heterocycles. The second-order valence-corrected chi connectivity index (χ2v) is 12.6. The van der Waals surface area contributed by atoms with Crippen LogP contribution in [0.3, 0.4) is 0 Å². The first-order valence-corrected chi connectivity index (χ1v) is 15.5. The average molecular weight is 645 g/mol. The third-order valence-electron chi connectivity index (χ3n) is 6.43. The molecule has 1 fully saturated rings. The Bertz CT molecular complexity index is 1480. The number of nitrogen functional groups attached to an aromatic ring is 1. The molecule has 1 aromatic carbocycles. The van der Waals surface area contributed by atoms with Gasteiger partial charge in [0, 0.05) is 11.1 Å². The van der Waals surface area contributed by atoms with Crippen LogP contribution in [-0.2, 0) is 23.4 Å². The van der Waals surface area contributed by atoms with E-state index >= 15 is 4.39 Å². The molecule has 236 valence electrons. The van der Waals surface area contributed by atoms with Gasteiger partial charge in [0.05, 0.1) is 25.5 Å². The molecule has 1 unspecified atom stereocenters. The van der Waals surface area contributed by atoms with Gasteiger partial charge in [0.2, 0.25) is 11.8 Å². The lowest BCUT2D eigenvalue weighted by Crippen LogP contribution is -2.41. The summed E-state index contributed by atoms with van der Waals surface area (Å²) >= 11 is 5.95. The summed E-state index contributed by atoms with van der Waals surface area (Å²) in [5.74, 6) is -0.657. The van der Waals surface area contributed by atoms with Crippen LogP contribution in [-0.4, -0.2) is 74.3 Å². The molecule has 43 heavy (non-hydrogen) atoms. The van der Waals surface area contributed by atoms with Crippen molar-refractivity contribution in [2.45, 2.75) is 64.8 Å². The molecule has 1 aliphatic heterocycles. The monoisotopic (exact) mass is 644 g/mol. The van der Waals surface area contributed by atoms with Crippen molar-refractivity contribution in [3.63, 3.8) is 0 Å². The van der Waals surface area contributed by atoms with E-state index in [9.17, 15) is 14.5 Å². The van der Waals surface area contributed by atoms with E-state index in [1.165, 1.54) is 35.2 Å². The van der Waals surface area contributed by atoms with Gasteiger partial charge < -0.3 is 29.6 Å². The topological polar surface area (TPSA) is 182 Å². The Kier molecular flexibility index (Phi) is 10.1. The zero-order valence-electron chi connectivity index (χ0n) is 24.3. The fourth-order valence-electron chi connectivity index (χ4n) is 4.24. The maximum atomic E-state index is 16.1. The summed E-state index contributed by atoms with van der Waals surface area (Å²) in [6, 6.07) is 5.33. The van der Waals surface area contributed by atoms with Crippen LogP contribution >= 0.6 is 19.3 Å². The quantitative estimate of drug-likeness (QED) is 0.180. The van der Waals surface area contributed by atoms with E-state index in [-0.39, 0.29) is 47.9 Å². The molecule has 1 aliphatic rings. The van der Waals surface area contributed by atoms with Crippen molar-refractivity contribution in [3.8, 4) is 11.6 Å². The normalized spacial score (nSPS) is 24.2. The van der Waals surface area contributed by atoms with Crippen LogP contribution < -0.4 is 20.1 Å². The number of aliphatic hydroxyl groups excluding tert-OH is 1. The second kappa shape index (κ2) is 13.3. The van der Waals surface area contributed by atoms with Crippen LogP contribution in [0.5, 0.6) is 11.6 Å². The molecule has 3 aromatic rings. The van der Waals surface area contributed by atoms with Gasteiger partial charge in [0.15, 0.2) is 23.1 Å². The number of fused-ring (bicyclic) bond motifs is 1. The number of halogens is 2. The van der Waals surface area contributed by atoms with Gasteiger partial charge in [0.1, 0.15) is 24.6 Å². The molecular weight excluding hydrogens is 610 g/mol. The number of carbonyl (C=O) groups is 1. The minimum absolute atomic E-state index is 0.113. The van der Waals surface area contributed by atoms with Gasteiger partial charge in [0.25, 0.3) is 0 Å². The lowest BCUT2D eigenvalue weighted by atomic mass is 9.98. The Balaban J connectivity index is 1.54. The number of nitrogens with one attached hydrogen (secondary N) is 1. The third kappa shape index (κ3) is 7.54. The van der Waals surface area contributed by atoms with Gasteiger partial charge >= 0.3 is 13.7 Å². The fourth-order valence-corrected chi connectivity index (χ4v) is 5.91. The lowest BCUT2D eigenvalue weighted by molar-refractivity contribution is -0.147. The van der Waals surface area contributed by atoms with Crippen LogP contribution in [0.1, 0.15) is 40.8 Å². The summed E-state index contributed by atoms with van der Waals surface area (Å²) in [6.07, 6.45) is -3.19. The van der Waals surface area contributed by atoms with Crippen molar-refractivity contribution in [3.05, 3.63) is 35.6 Å². The fraction of sp³-hybridized carbons (Fsp3) is 0.538. The van der Waals surface area contributed by atoms with Gasteiger partial charge in [-0.25, -0.2) is 19.0 Å². The Morgan fingerprint density at radius 3 is 2.65 bits per heavy atom. The number of imidazole rings is 1. The summed E-state index contributed by atoms with van der Waals surface area (Å²) in [7, 11) is -4.23. The minimum Gasteiger partial charge on any atom is -0.476 e. The molecule has 4 rings (SSSR count). The van der Waals surface area contributed by atoms with Crippen LogP contribution in [0.2, 0.25) is 5.02 Å². The number of aliphatic hydroxyl groups is 1. The molecule has 6 atom stereocenters. The van der Waals surface area contributed by atoms with Gasteiger partial charge in [-0.15, -0.1) is 0 Å². The van der Waals surface area contributed by atoms with Crippen molar-refractivity contribution in [2.24, 2.45) is 5.92 Å². The molecule has 0 saturated carbocycles. The maximum absolute atomic E-state index is 16.1. The van der Waals surface area contributed by atoms with Gasteiger partial charge in [-0.2, -0.15) is 9.97 Å². The number of alkyl halides is 1. The van der Waals surface area contributed by atoms with Crippen LogP contribution in [0.4, 0.5) is 10.3 Å². The summed E-state index contributed by atoms with van der Waals surface area (Å²) < 4.78 is 59.1. The predicted octanol–water partition coefficient (Wildman–Crippen LogP) is 3.83. The number of nitrogens with two attached hydrogens (primary N) is 1. The highest BCUT2D eigenvalue weighted by molar-refractivity contribution is 7.52. The molecule has 0 bridgehead atoms. The highest BCUT2D eigenvalue weighted by Crippen LogP contribution is 2.48. The highest BCUT2D eigenvalue weighted by atomic mass is 35.5. The van der Waals surface area contributed by atoms with Crippen LogP contribution in [0, 0.1) is 5.92 Å². The summed E-state index contributed by atoms with van der Waals surface area (Å²) in [5.41, 5.74) is 3.80. The largest absolute Gasteiger partial charge is 0.476 e. The second-order valence-electron chi connectivity index (χ2n) is 10.4. The molecule has 2 aromatic heterocycles. The Hall–Kier alpha value is -3.07. The molecule has 0 radical (unpaired) electrons. The molecule has 17 heteroatoms. The van der Waals surface area contributed by atoms with Gasteiger partial charge in [-0.3, -0.25) is 13.9 Å². The third-order valence-corrected chi connectivity index (χ3v) is 8.38. The number of ether oxygens (including phenoxy) is 3. The Morgan fingerprint density at radius 1 is 1.30 bits per heavy atom. The smallest absolute Gasteiger partial charge is 0.459 e. The first-order valence-electron chi connectivity index (χ1n) is 13.5. The van der Waals surface area contributed by atoms with E-state index in [1.54, 1.807) is 27.7 Å². The molecular formula is C26H35ClFN6O8P. The summed E-state index contributed by atoms with van der Waals surface area (Å²) in [5, 5.41) is 14.1. The number of aromatic nitrogens is 4. The minimum atomic E-state index is -4.23. The van der Waals surface area contributed by atoms with Crippen molar-refractivity contribution in [2.75, 3.05) is 25.6 Å². The number of esters is 1. The van der Waals surface area contributed by atoms with E-state index in [0.717, 1.165) is 6.92 Å². The zero-order chi connectivity index (χ0) is 31.5. The number of anilines is 1. The van der Waals surface area contributed by atoms with E-state index in [1.807, 2.05) is 0 Å². The number of hydrogen-bond acceptors (Lipinski definition) is 12. The summed E-state index contributed by atoms with van der Waals surface area (Å²) in [4.78, 5) is 24.3. The molecule has 0 aliphatic carbocycles. The highest BCUT2D eigenvalue weighted by Gasteiger charge is 2.56. The number of rotatable bonds is 13. The standard InChI is InChI=1S/C26H35ClFN6O8P/c1-6-38-22-19-21(31-25(29)32-22)34(13-30-19)24-26(5,28)20(35)18(41-24)12-40-43(37,42-17-9-7-16(27)8-10-17)33-15(4)11-39-23(36)14(2)3/h7-10,13-15,18,20,24,35H,6,11-12H2,1-5H3,(H,33,37)(H2,29,31,32)/t15-,18+,20+,24+,26+,43?/m0/s1. The molecule has 1 saturated heterocycles. The van der Waals surface area contributed by atoms with E-state index in [4.69, 9.17) is 40.6 Å². The van der Waals surface area contributed by atoms with Crippen molar-refractivity contribution in [1.29, 1.82) is 0 Å². The maximum Gasteiger partial charge on any atom is 0.459 e. The van der Waals surface area contributed by atoms with Gasteiger partial charge in [-0.1, -0.05) is 25.4 Å². The molecule has 4 N–H and O–H groups in total. The zero-order valence-corrected chi connectivity index (χ0v) is 25.9. The van der Waals surface area contributed by atoms with Gasteiger partial charge in [-0.05, 0) is 45.0 Å². The average Bonchev–Trinajstić information content (AvgIpc) is 3.45. The molecule has 0 spiro atoms. The summed E-state index contributed by atoms with van der Waals surface area (Å²) in [6.45, 7) is 7.47. The lowest BCUT2D eigenvalue weighted by Gasteiger charge is -2.25. The Morgan fingerprint density at radius 2 is 2.00 bits per heavy atom. The van der Waals surface area contributed by atoms with E-state index in [0.29, 0.717) is 5.02 Å². The molecule has 14 nitrogen and oxygen atoms in total. The number of nitrogens with zero attached hydrogens (tertiary/aromatic N) is 4. The number of hydrogen-bond donors (Lipinski definition) is 3. The first-order chi connectivity index (χ1) is 20.2. The SMILES string of the molecule is CCOc1nc(N)nc2c1ncn2[C@@H]1O[C@H](COP(=O)(N[C@@H](C)COC(=O)C(C)C)Oc2ccc(Cl)cc2)[C@@H](O)[C@@]1(C)F. The van der Waals surface area contributed by atoms with E-state index in [2.05, 4.69) is 20.0 Å². The Labute approximate surface area is 252 Å². The van der Waals surface area contributed by atoms with Crippen LogP contribution in [0.25, 0.3) is 11.2 Å². The predicted molar refractivity (Wildman–Crippen MR) is 154 cm³/mol. The van der Waals surface area contributed by atoms with Crippen molar-refractivity contribution < 1.29 is 42.1 Å². The van der Waals surface area contributed by atoms with Crippen LogP contribution in [0.15, 0.2) is 30.6 Å². The number of carbonyl (C=O) groups excluding carboxylic acids is 1. The number of benzene rings is 1. The van der Waals surface area contributed by atoms with Crippen molar-refractivity contribution in [1.82, 2.24) is 24.6 Å². The van der Waals surface area contributed by atoms with E-state index < -0.39 is 50.5 Å². The van der Waals surface area contributed by atoms with Crippen molar-refractivity contribution >= 4 is 42.4 Å². The molecule has 0 amide bonds. The first kappa shape index (κ1) is 32.8.